The first-order valence-electron chi connectivity index (χ1n) is 5.70. The van der Waals surface area contributed by atoms with E-state index in [1.807, 2.05) is 16.7 Å². The first-order valence-corrected chi connectivity index (χ1v) is 6.99. The number of hydrogen-bond acceptors (Lipinski definition) is 3. The van der Waals surface area contributed by atoms with Gasteiger partial charge in [0.15, 0.2) is 0 Å². The zero-order valence-electron chi connectivity index (χ0n) is 9.75. The van der Waals surface area contributed by atoms with Crippen LogP contribution in [0.2, 0.25) is 0 Å². The molecule has 1 saturated carbocycles. The van der Waals surface area contributed by atoms with Crippen LogP contribution in [0.4, 0.5) is 0 Å². The molecule has 1 aliphatic carbocycles. The van der Waals surface area contributed by atoms with Gasteiger partial charge in [-0.25, -0.2) is 0 Å². The fraction of sp³-hybridized carbons (Fsp3) is 0.909. The van der Waals surface area contributed by atoms with E-state index in [4.69, 9.17) is 0 Å². The molecule has 0 aromatic heterocycles. The number of carbonyl (C=O) groups excluding carboxylic acids is 1. The molecule has 1 amide bonds. The Morgan fingerprint density at radius 1 is 1.67 bits per heavy atom. The van der Waals surface area contributed by atoms with Crippen molar-refractivity contribution in [3.05, 3.63) is 0 Å². The third-order valence-corrected chi connectivity index (χ3v) is 4.59. The SMILES string of the molecule is CSC(C)CCN1C(=O)C2(CC2)NC1C. The minimum absolute atomic E-state index is 0.137. The molecule has 15 heavy (non-hydrogen) atoms. The molecule has 0 aromatic rings. The summed E-state index contributed by atoms with van der Waals surface area (Å²) in [5, 5.41) is 4.05. The van der Waals surface area contributed by atoms with Crippen LogP contribution in [-0.4, -0.2) is 40.6 Å². The summed E-state index contributed by atoms with van der Waals surface area (Å²) < 4.78 is 0. The highest BCUT2D eigenvalue weighted by Gasteiger charge is 2.57. The van der Waals surface area contributed by atoms with E-state index in [0.29, 0.717) is 11.2 Å². The molecule has 86 valence electrons. The molecular formula is C11H20N2OS. The standard InChI is InChI=1S/C11H20N2OS/c1-8(15-3)4-7-13-9(2)12-11(5-6-11)10(13)14/h8-9,12H,4-7H2,1-3H3. The van der Waals surface area contributed by atoms with Crippen molar-refractivity contribution in [3.63, 3.8) is 0 Å². The number of rotatable bonds is 4. The maximum Gasteiger partial charge on any atom is 0.244 e. The Hall–Kier alpha value is -0.220. The smallest absolute Gasteiger partial charge is 0.244 e. The van der Waals surface area contributed by atoms with Gasteiger partial charge >= 0.3 is 0 Å². The largest absolute Gasteiger partial charge is 0.326 e. The summed E-state index contributed by atoms with van der Waals surface area (Å²) in [5.41, 5.74) is -0.137. The lowest BCUT2D eigenvalue weighted by Gasteiger charge is -2.22. The van der Waals surface area contributed by atoms with Crippen LogP contribution in [0.25, 0.3) is 0 Å². The van der Waals surface area contributed by atoms with E-state index in [9.17, 15) is 4.79 Å². The van der Waals surface area contributed by atoms with Crippen LogP contribution in [0, 0.1) is 0 Å². The second-order valence-corrected chi connectivity index (χ2v) is 6.01. The van der Waals surface area contributed by atoms with Crippen LogP contribution in [0.15, 0.2) is 0 Å². The maximum atomic E-state index is 12.1. The van der Waals surface area contributed by atoms with Gasteiger partial charge in [-0.2, -0.15) is 11.8 Å². The van der Waals surface area contributed by atoms with Crippen LogP contribution in [0.5, 0.6) is 0 Å². The average Bonchev–Trinajstić information content (AvgIpc) is 2.93. The van der Waals surface area contributed by atoms with Crippen LogP contribution in [-0.2, 0) is 4.79 Å². The number of hydrogen-bond donors (Lipinski definition) is 1. The Morgan fingerprint density at radius 2 is 2.33 bits per heavy atom. The monoisotopic (exact) mass is 228 g/mol. The van der Waals surface area contributed by atoms with Crippen molar-refractivity contribution < 1.29 is 4.79 Å². The molecule has 2 rings (SSSR count). The molecule has 2 unspecified atom stereocenters. The Morgan fingerprint density at radius 3 is 2.80 bits per heavy atom. The predicted molar refractivity (Wildman–Crippen MR) is 63.9 cm³/mol. The van der Waals surface area contributed by atoms with Crippen molar-refractivity contribution in [3.8, 4) is 0 Å². The minimum Gasteiger partial charge on any atom is -0.326 e. The fourth-order valence-corrected chi connectivity index (χ4v) is 2.55. The summed E-state index contributed by atoms with van der Waals surface area (Å²) >= 11 is 1.87. The molecule has 3 nitrogen and oxygen atoms in total. The molecular weight excluding hydrogens is 208 g/mol. The minimum atomic E-state index is -0.137. The van der Waals surface area contributed by atoms with Gasteiger partial charge in [0.25, 0.3) is 0 Å². The van der Waals surface area contributed by atoms with E-state index < -0.39 is 0 Å². The topological polar surface area (TPSA) is 32.3 Å². The molecule has 0 radical (unpaired) electrons. The van der Waals surface area contributed by atoms with Crippen molar-refractivity contribution in [1.82, 2.24) is 10.2 Å². The number of carbonyl (C=O) groups is 1. The highest BCUT2D eigenvalue weighted by Crippen LogP contribution is 2.42. The second kappa shape index (κ2) is 3.98. The molecule has 0 aromatic carbocycles. The molecule has 4 heteroatoms. The Bertz CT molecular complexity index is 265. The zero-order valence-corrected chi connectivity index (χ0v) is 10.6. The molecule has 1 aliphatic heterocycles. The van der Waals surface area contributed by atoms with Gasteiger partial charge in [0, 0.05) is 11.8 Å². The third-order valence-electron chi connectivity index (χ3n) is 3.55. The lowest BCUT2D eigenvalue weighted by Crippen LogP contribution is -2.36. The third kappa shape index (κ3) is 2.02. The van der Waals surface area contributed by atoms with Gasteiger partial charge in [0.2, 0.25) is 5.91 Å². The Labute approximate surface area is 96.0 Å². The normalized spacial score (nSPS) is 29.9. The molecule has 1 N–H and O–H groups in total. The van der Waals surface area contributed by atoms with Crippen LogP contribution >= 0.6 is 11.8 Å². The Balaban J connectivity index is 1.89. The number of thioether (sulfide) groups is 1. The first kappa shape index (κ1) is 11.3. The quantitative estimate of drug-likeness (QED) is 0.790. The van der Waals surface area contributed by atoms with Crippen molar-refractivity contribution >= 4 is 17.7 Å². The Kier molecular flexibility index (Phi) is 2.99. The van der Waals surface area contributed by atoms with E-state index >= 15 is 0 Å². The number of amides is 1. The zero-order chi connectivity index (χ0) is 11.1. The van der Waals surface area contributed by atoms with E-state index in [-0.39, 0.29) is 11.7 Å². The summed E-state index contributed by atoms with van der Waals surface area (Å²) in [6, 6.07) is 0. The van der Waals surface area contributed by atoms with Gasteiger partial charge in [0.05, 0.1) is 11.7 Å². The molecule has 1 heterocycles. The van der Waals surface area contributed by atoms with Crippen LogP contribution < -0.4 is 5.32 Å². The summed E-state index contributed by atoms with van der Waals surface area (Å²) in [5.74, 6) is 0.336. The van der Waals surface area contributed by atoms with Crippen LogP contribution in [0.1, 0.15) is 33.1 Å². The van der Waals surface area contributed by atoms with Crippen molar-refractivity contribution in [2.75, 3.05) is 12.8 Å². The molecule has 1 saturated heterocycles. The van der Waals surface area contributed by atoms with E-state index in [0.717, 1.165) is 25.8 Å². The van der Waals surface area contributed by atoms with Crippen LogP contribution in [0.3, 0.4) is 0 Å². The van der Waals surface area contributed by atoms with Crippen molar-refractivity contribution in [2.24, 2.45) is 0 Å². The first-order chi connectivity index (χ1) is 7.09. The average molecular weight is 228 g/mol. The van der Waals surface area contributed by atoms with Crippen molar-refractivity contribution in [1.29, 1.82) is 0 Å². The molecule has 0 bridgehead atoms. The van der Waals surface area contributed by atoms with Gasteiger partial charge in [-0.05, 0) is 32.4 Å². The van der Waals surface area contributed by atoms with E-state index in [2.05, 4.69) is 25.4 Å². The maximum absolute atomic E-state index is 12.1. The number of nitrogens with zero attached hydrogens (tertiary/aromatic N) is 1. The van der Waals surface area contributed by atoms with Gasteiger partial charge in [-0.1, -0.05) is 6.92 Å². The molecule has 2 aliphatic rings. The van der Waals surface area contributed by atoms with Gasteiger partial charge in [0.1, 0.15) is 0 Å². The molecule has 2 atom stereocenters. The lowest BCUT2D eigenvalue weighted by atomic mass is 10.2. The predicted octanol–water partition coefficient (Wildman–Crippen LogP) is 1.44. The highest BCUT2D eigenvalue weighted by molar-refractivity contribution is 7.99. The van der Waals surface area contributed by atoms with Crippen molar-refractivity contribution in [2.45, 2.75) is 50.1 Å². The summed E-state index contributed by atoms with van der Waals surface area (Å²) in [7, 11) is 0. The summed E-state index contributed by atoms with van der Waals surface area (Å²) in [6.07, 6.45) is 5.51. The molecule has 1 spiro atoms. The van der Waals surface area contributed by atoms with E-state index in [1.54, 1.807) is 0 Å². The van der Waals surface area contributed by atoms with E-state index in [1.165, 1.54) is 0 Å². The lowest BCUT2D eigenvalue weighted by molar-refractivity contribution is -0.130. The molecule has 2 fully saturated rings. The van der Waals surface area contributed by atoms with Gasteiger partial charge in [-0.15, -0.1) is 0 Å². The van der Waals surface area contributed by atoms with Gasteiger partial charge < -0.3 is 4.90 Å². The number of nitrogens with one attached hydrogen (secondary N) is 1. The fourth-order valence-electron chi connectivity index (χ4n) is 2.21. The highest BCUT2D eigenvalue weighted by atomic mass is 32.2. The van der Waals surface area contributed by atoms with Gasteiger partial charge in [-0.3, -0.25) is 10.1 Å². The second-order valence-electron chi connectivity index (χ2n) is 4.74. The summed E-state index contributed by atoms with van der Waals surface area (Å²) in [6.45, 7) is 5.21. The summed E-state index contributed by atoms with van der Waals surface area (Å²) in [4.78, 5) is 14.1.